The van der Waals surface area contributed by atoms with E-state index in [1.54, 1.807) is 0 Å². The van der Waals surface area contributed by atoms with Crippen molar-refractivity contribution in [1.82, 2.24) is 0 Å². The first-order valence-corrected chi connectivity index (χ1v) is 6.76. The van der Waals surface area contributed by atoms with Crippen LogP contribution in [0.15, 0.2) is 0 Å². The molecule has 0 saturated carbocycles. The third-order valence-corrected chi connectivity index (χ3v) is 0. The minimum absolute atomic E-state index is 0. The summed E-state index contributed by atoms with van der Waals surface area (Å²) in [5.74, 6) is 0. The van der Waals surface area contributed by atoms with Gasteiger partial charge < -0.3 is 0 Å². The molecule has 0 amide bonds. The SMILES string of the molecule is O=[P](O)([AlH])[Ti].[LiH]. The molecular weight excluding hydrogens is 145 g/mol. The van der Waals surface area contributed by atoms with Crippen molar-refractivity contribution in [2.45, 2.75) is 0 Å². The second kappa shape index (κ2) is 3.97. The van der Waals surface area contributed by atoms with Crippen LogP contribution in [-0.4, -0.2) is 39.6 Å². The zero-order valence-corrected chi connectivity index (χ0v) is 6.38. The molecular formula is H3AlLiO2PTi. The molecule has 2 nitrogen and oxygen atoms in total. The fraction of sp³-hybridized carbons (Fsp3) is 0. The Morgan fingerprint density at radius 1 is 1.83 bits per heavy atom. The topological polar surface area (TPSA) is 37.3 Å². The Kier molecular flexibility index (Phi) is 7.22. The molecule has 1 atom stereocenters. The molecule has 0 heterocycles. The van der Waals surface area contributed by atoms with Crippen molar-refractivity contribution >= 4 is 38.7 Å². The quantitative estimate of drug-likeness (QED) is 0.349. The van der Waals surface area contributed by atoms with Crippen LogP contribution in [0.4, 0.5) is 0 Å². The minimum atomic E-state index is -2.61. The molecule has 1 radical (unpaired) electrons. The van der Waals surface area contributed by atoms with Crippen LogP contribution in [0.25, 0.3) is 0 Å². The van der Waals surface area contributed by atoms with Gasteiger partial charge in [0.15, 0.2) is 0 Å². The Hall–Kier alpha value is 2.03. The Morgan fingerprint density at radius 2 is 1.83 bits per heavy atom. The van der Waals surface area contributed by atoms with Crippen molar-refractivity contribution in [2.24, 2.45) is 0 Å². The first-order chi connectivity index (χ1) is 2.00. The predicted octanol–water partition coefficient (Wildman–Crippen LogP) is -1.11. The van der Waals surface area contributed by atoms with Gasteiger partial charge >= 0.3 is 68.1 Å². The van der Waals surface area contributed by atoms with E-state index in [9.17, 15) is 4.57 Å². The molecule has 0 aromatic rings. The van der Waals surface area contributed by atoms with Gasteiger partial charge in [0.05, 0.1) is 0 Å². The van der Waals surface area contributed by atoms with E-state index in [2.05, 4.69) is 0 Å². The maximum absolute atomic E-state index is 9.78. The summed E-state index contributed by atoms with van der Waals surface area (Å²) in [7, 11) is 0. The Labute approximate surface area is 67.6 Å². The van der Waals surface area contributed by atoms with Crippen molar-refractivity contribution in [3.8, 4) is 0 Å². The van der Waals surface area contributed by atoms with Crippen LogP contribution in [0, 0.1) is 0 Å². The van der Waals surface area contributed by atoms with Gasteiger partial charge in [-0.2, -0.15) is 0 Å². The van der Waals surface area contributed by atoms with Crippen LogP contribution >= 0.6 is 4.01 Å². The van der Waals surface area contributed by atoms with Crippen LogP contribution in [-0.2, 0) is 24.5 Å². The molecule has 28 valence electrons. The summed E-state index contributed by atoms with van der Waals surface area (Å²) >= 11 is 2.43. The van der Waals surface area contributed by atoms with Gasteiger partial charge in [-0.1, -0.05) is 0 Å². The molecule has 1 unspecified atom stereocenters. The molecule has 0 saturated heterocycles. The summed E-state index contributed by atoms with van der Waals surface area (Å²) in [4.78, 5) is 8.09. The Balaban J connectivity index is 0. The van der Waals surface area contributed by atoms with Crippen molar-refractivity contribution in [3.05, 3.63) is 0 Å². The summed E-state index contributed by atoms with van der Waals surface area (Å²) in [5, 5.41) is 0. The molecule has 0 spiro atoms. The van der Waals surface area contributed by atoms with E-state index in [4.69, 9.17) is 4.89 Å². The second-order valence-corrected chi connectivity index (χ2v) is 10.9. The molecule has 0 aromatic carbocycles. The maximum atomic E-state index is 9.78. The van der Waals surface area contributed by atoms with Gasteiger partial charge in [-0.3, -0.25) is 0 Å². The standard InChI is InChI=1S/Al.Li.HO2P.Ti.2H/c;;1-3-2;;;/h;;(H,1,2);;;. The second-order valence-electron chi connectivity index (χ2n) is 0.702. The molecule has 6 heavy (non-hydrogen) atoms. The molecule has 0 aliphatic rings. The van der Waals surface area contributed by atoms with Gasteiger partial charge in [-0.25, -0.2) is 0 Å². The first kappa shape index (κ1) is 10.9. The third kappa shape index (κ3) is 37.0. The van der Waals surface area contributed by atoms with Crippen LogP contribution in [0.3, 0.4) is 0 Å². The third-order valence-electron chi connectivity index (χ3n) is 0. The molecule has 0 aromatic heterocycles. The average Bonchev–Trinajstić information content (AvgIpc) is 0.722. The number of rotatable bonds is 0. The van der Waals surface area contributed by atoms with E-state index in [1.807, 2.05) is 0 Å². The van der Waals surface area contributed by atoms with Gasteiger partial charge in [0.2, 0.25) is 0 Å². The molecule has 6 heteroatoms. The van der Waals surface area contributed by atoms with Crippen LogP contribution in [0.2, 0.25) is 0 Å². The molecule has 1 N–H and O–H groups in total. The summed E-state index contributed by atoms with van der Waals surface area (Å²) in [5.41, 5.74) is 0. The summed E-state index contributed by atoms with van der Waals surface area (Å²) < 4.78 is 7.17. The zero-order chi connectivity index (χ0) is 4.50. The molecule has 0 aliphatic heterocycles. The molecule has 0 fully saturated rings. The van der Waals surface area contributed by atoms with Crippen molar-refractivity contribution in [1.29, 1.82) is 0 Å². The van der Waals surface area contributed by atoms with Crippen molar-refractivity contribution < 1.29 is 29.4 Å². The first-order valence-electron chi connectivity index (χ1n) is 0.922. The van der Waals surface area contributed by atoms with E-state index in [0.717, 1.165) is 15.8 Å². The Bertz CT molecular complexity index is 59.7. The predicted molar refractivity (Wildman–Crippen MR) is 24.1 cm³/mol. The van der Waals surface area contributed by atoms with E-state index in [1.165, 1.54) is 19.9 Å². The molecule has 0 rings (SSSR count). The van der Waals surface area contributed by atoms with Crippen LogP contribution in [0.1, 0.15) is 0 Å². The van der Waals surface area contributed by atoms with Gasteiger partial charge in [-0.15, -0.1) is 0 Å². The Morgan fingerprint density at radius 3 is 1.83 bits per heavy atom. The normalized spacial score (nSPS) is 17.3. The van der Waals surface area contributed by atoms with Crippen molar-refractivity contribution in [2.75, 3.05) is 0 Å². The van der Waals surface area contributed by atoms with Gasteiger partial charge in [0.25, 0.3) is 0 Å². The van der Waals surface area contributed by atoms with E-state index in [-0.39, 0.29) is 18.9 Å². The fourth-order valence-corrected chi connectivity index (χ4v) is 0. The van der Waals surface area contributed by atoms with E-state index in [0.29, 0.717) is 0 Å². The molecule has 0 aliphatic carbocycles. The van der Waals surface area contributed by atoms with Crippen molar-refractivity contribution in [3.63, 3.8) is 0 Å². The zero-order valence-electron chi connectivity index (χ0n) is 2.51. The monoisotopic (exact) mass is 148 g/mol. The average molecular weight is 148 g/mol. The van der Waals surface area contributed by atoms with Crippen LogP contribution in [0.5, 0.6) is 0 Å². The number of hydrogen-bond donors (Lipinski definition) is 1. The van der Waals surface area contributed by atoms with E-state index >= 15 is 0 Å². The van der Waals surface area contributed by atoms with Gasteiger partial charge in [0, 0.05) is 0 Å². The summed E-state index contributed by atoms with van der Waals surface area (Å²) in [6.45, 7) is 0. The summed E-state index contributed by atoms with van der Waals surface area (Å²) in [6, 6.07) is 0. The van der Waals surface area contributed by atoms with E-state index < -0.39 is 4.01 Å². The summed E-state index contributed by atoms with van der Waals surface area (Å²) in [6.07, 6.45) is 0. The van der Waals surface area contributed by atoms with Crippen LogP contribution < -0.4 is 0 Å². The van der Waals surface area contributed by atoms with Gasteiger partial charge in [0.1, 0.15) is 0 Å². The van der Waals surface area contributed by atoms with Gasteiger partial charge in [-0.05, 0) is 0 Å². The molecule has 0 bridgehead atoms. The number of hydrogen-bond acceptors (Lipinski definition) is 1. The fourth-order valence-electron chi connectivity index (χ4n) is 0.